The van der Waals surface area contributed by atoms with E-state index in [0.717, 1.165) is 17.5 Å². The van der Waals surface area contributed by atoms with E-state index in [-0.39, 0.29) is 0 Å². The predicted octanol–water partition coefficient (Wildman–Crippen LogP) is 5.25. The zero-order valence-electron chi connectivity index (χ0n) is 19.0. The number of carbonyl (C=O) groups excluding carboxylic acids is 1. The Bertz CT molecular complexity index is 1200. The van der Waals surface area contributed by atoms with E-state index in [1.54, 1.807) is 24.3 Å². The molecule has 0 saturated heterocycles. The first-order valence-electron chi connectivity index (χ1n) is 10.8. The molecule has 0 fully saturated rings. The zero-order chi connectivity index (χ0) is 23.6. The van der Waals surface area contributed by atoms with Gasteiger partial charge in [0.05, 0.1) is 30.9 Å². The average molecular weight is 439 g/mol. The van der Waals surface area contributed by atoms with Crippen molar-refractivity contribution in [1.82, 2.24) is 0 Å². The van der Waals surface area contributed by atoms with Crippen molar-refractivity contribution in [3.63, 3.8) is 0 Å². The molecule has 3 rings (SSSR count). The van der Waals surface area contributed by atoms with Gasteiger partial charge in [0.1, 0.15) is 5.75 Å². The van der Waals surface area contributed by atoms with Crippen LogP contribution in [0.4, 0.5) is 5.69 Å². The van der Waals surface area contributed by atoms with E-state index >= 15 is 0 Å². The third-order valence-corrected chi connectivity index (χ3v) is 5.06. The molecule has 1 atom stereocenters. The van der Waals surface area contributed by atoms with Gasteiger partial charge < -0.3 is 14.8 Å². The second-order valence-corrected chi connectivity index (χ2v) is 7.25. The minimum atomic E-state index is -0.812. The van der Waals surface area contributed by atoms with Gasteiger partial charge in [-0.05, 0) is 67.4 Å². The summed E-state index contributed by atoms with van der Waals surface area (Å²) >= 11 is 0. The van der Waals surface area contributed by atoms with Crippen molar-refractivity contribution in [3.8, 4) is 23.7 Å². The minimum absolute atomic E-state index is 0.420. The average Bonchev–Trinajstić information content (AvgIpc) is 2.87. The van der Waals surface area contributed by atoms with E-state index in [4.69, 9.17) is 14.7 Å². The van der Waals surface area contributed by atoms with E-state index < -0.39 is 12.0 Å². The fraction of sp³-hybridized carbons (Fsp3) is 0.214. The highest BCUT2D eigenvalue weighted by molar-refractivity contribution is 5.83. The van der Waals surface area contributed by atoms with Crippen LogP contribution in [0.3, 0.4) is 0 Å². The molecule has 33 heavy (non-hydrogen) atoms. The number of benzene rings is 3. The summed E-state index contributed by atoms with van der Waals surface area (Å²) in [6.07, 6.45) is 0.768. The first-order chi connectivity index (χ1) is 16.1. The van der Waals surface area contributed by atoms with Crippen LogP contribution >= 0.6 is 0 Å². The van der Waals surface area contributed by atoms with Gasteiger partial charge in [0.15, 0.2) is 6.04 Å². The second kappa shape index (κ2) is 11.4. The van der Waals surface area contributed by atoms with E-state index in [0.29, 0.717) is 34.7 Å². The Morgan fingerprint density at radius 2 is 1.73 bits per heavy atom. The molecule has 3 aromatic carbocycles. The van der Waals surface area contributed by atoms with Crippen molar-refractivity contribution in [1.29, 1.82) is 5.26 Å². The summed E-state index contributed by atoms with van der Waals surface area (Å²) in [5.74, 6) is 6.52. The van der Waals surface area contributed by atoms with Crippen LogP contribution in [0.25, 0.3) is 0 Å². The molecule has 0 aliphatic rings. The molecule has 3 aromatic rings. The normalized spacial score (nSPS) is 10.8. The first-order valence-corrected chi connectivity index (χ1v) is 10.8. The fourth-order valence-corrected chi connectivity index (χ4v) is 3.38. The van der Waals surface area contributed by atoms with Crippen LogP contribution < -0.4 is 10.1 Å². The van der Waals surface area contributed by atoms with Gasteiger partial charge in [0.2, 0.25) is 0 Å². The predicted molar refractivity (Wildman–Crippen MR) is 129 cm³/mol. The summed E-state index contributed by atoms with van der Waals surface area (Å²) in [6, 6.07) is 21.9. The molecule has 0 aliphatic heterocycles. The largest absolute Gasteiger partial charge is 0.492 e. The van der Waals surface area contributed by atoms with Crippen molar-refractivity contribution in [3.05, 3.63) is 94.5 Å². The molecule has 1 unspecified atom stereocenters. The summed E-state index contributed by atoms with van der Waals surface area (Å²) in [7, 11) is 1.36. The number of nitrogens with zero attached hydrogens (tertiary/aromatic N) is 1. The number of esters is 1. The van der Waals surface area contributed by atoms with Crippen molar-refractivity contribution in [2.75, 3.05) is 19.0 Å². The van der Waals surface area contributed by atoms with Gasteiger partial charge >= 0.3 is 5.97 Å². The van der Waals surface area contributed by atoms with Gasteiger partial charge in [0.25, 0.3) is 0 Å². The van der Waals surface area contributed by atoms with Gasteiger partial charge in [-0.3, -0.25) is 0 Å². The molecule has 0 aromatic heterocycles. The maximum Gasteiger partial charge on any atom is 0.333 e. The maximum absolute atomic E-state index is 12.9. The Kier molecular flexibility index (Phi) is 8.11. The summed E-state index contributed by atoms with van der Waals surface area (Å²) in [5.41, 5.74) is 4.52. The van der Waals surface area contributed by atoms with Gasteiger partial charge in [-0.1, -0.05) is 37.0 Å². The van der Waals surface area contributed by atoms with Crippen LogP contribution in [-0.2, 0) is 16.0 Å². The zero-order valence-corrected chi connectivity index (χ0v) is 19.0. The lowest BCUT2D eigenvalue weighted by molar-refractivity contribution is -0.141. The van der Waals surface area contributed by atoms with Gasteiger partial charge in [0, 0.05) is 16.8 Å². The number of aryl methyl sites for hydroxylation is 1. The van der Waals surface area contributed by atoms with Crippen LogP contribution in [0.5, 0.6) is 5.75 Å². The third-order valence-electron chi connectivity index (χ3n) is 5.06. The molecule has 0 spiro atoms. The van der Waals surface area contributed by atoms with E-state index in [2.05, 4.69) is 30.2 Å². The maximum atomic E-state index is 12.9. The Morgan fingerprint density at radius 1 is 1.00 bits per heavy atom. The molecular weight excluding hydrogens is 412 g/mol. The van der Waals surface area contributed by atoms with Crippen molar-refractivity contribution in [2.24, 2.45) is 0 Å². The molecule has 1 N–H and O–H groups in total. The highest BCUT2D eigenvalue weighted by Gasteiger charge is 2.27. The number of methoxy groups -OCH3 is 1. The Balaban J connectivity index is 2.12. The standard InChI is InChI=1S/C28H26N2O3/c1-4-20-17-23(14-11-21-9-7-6-8-10-21)27(33-5-2)25(18-20)26(28(31)32-3)30-24-15-12-22(19-29)13-16-24/h6-10,12-13,15-18,26,30H,4-5H2,1-3H3. The topological polar surface area (TPSA) is 71.3 Å². The minimum Gasteiger partial charge on any atom is -0.492 e. The summed E-state index contributed by atoms with van der Waals surface area (Å²) < 4.78 is 11.1. The lowest BCUT2D eigenvalue weighted by atomic mass is 9.96. The molecule has 166 valence electrons. The second-order valence-electron chi connectivity index (χ2n) is 7.25. The van der Waals surface area contributed by atoms with Crippen LogP contribution in [0, 0.1) is 23.2 Å². The van der Waals surface area contributed by atoms with E-state index in [1.165, 1.54) is 7.11 Å². The molecular formula is C28H26N2O3. The number of hydrogen-bond acceptors (Lipinski definition) is 5. The van der Waals surface area contributed by atoms with Crippen molar-refractivity contribution in [2.45, 2.75) is 26.3 Å². The molecule has 0 saturated carbocycles. The first kappa shape index (κ1) is 23.4. The molecule has 0 heterocycles. The lowest BCUT2D eigenvalue weighted by Crippen LogP contribution is -2.23. The number of anilines is 1. The van der Waals surface area contributed by atoms with Gasteiger partial charge in [-0.2, -0.15) is 5.26 Å². The number of hydrogen-bond donors (Lipinski definition) is 1. The summed E-state index contributed by atoms with van der Waals surface area (Å²) in [5, 5.41) is 12.3. The van der Waals surface area contributed by atoms with Crippen LogP contribution in [0.1, 0.15) is 47.7 Å². The Morgan fingerprint density at radius 3 is 2.33 bits per heavy atom. The van der Waals surface area contributed by atoms with Crippen LogP contribution in [-0.4, -0.2) is 19.7 Å². The molecule has 5 nitrogen and oxygen atoms in total. The SMILES string of the molecule is CCOc1c(C#Cc2ccccc2)cc(CC)cc1C(Nc1ccc(C#N)cc1)C(=O)OC. The van der Waals surface area contributed by atoms with Gasteiger partial charge in [-0.25, -0.2) is 4.79 Å². The summed E-state index contributed by atoms with van der Waals surface area (Å²) in [4.78, 5) is 12.9. The number of carbonyl (C=O) groups is 1. The van der Waals surface area contributed by atoms with Crippen LogP contribution in [0.15, 0.2) is 66.7 Å². The van der Waals surface area contributed by atoms with Gasteiger partial charge in [-0.15, -0.1) is 0 Å². The smallest absolute Gasteiger partial charge is 0.333 e. The monoisotopic (exact) mass is 438 g/mol. The molecule has 0 amide bonds. The van der Waals surface area contributed by atoms with E-state index in [9.17, 15) is 4.79 Å². The molecule has 0 bridgehead atoms. The number of rotatable bonds is 7. The Hall–Kier alpha value is -4.22. The summed E-state index contributed by atoms with van der Waals surface area (Å²) in [6.45, 7) is 4.37. The number of ether oxygens (including phenoxy) is 2. The van der Waals surface area contributed by atoms with Crippen molar-refractivity contribution < 1.29 is 14.3 Å². The number of nitriles is 1. The molecule has 0 radical (unpaired) electrons. The lowest BCUT2D eigenvalue weighted by Gasteiger charge is -2.22. The molecule has 0 aliphatic carbocycles. The quantitative estimate of drug-likeness (QED) is 0.403. The highest BCUT2D eigenvalue weighted by atomic mass is 16.5. The molecule has 5 heteroatoms. The van der Waals surface area contributed by atoms with Crippen molar-refractivity contribution >= 4 is 11.7 Å². The van der Waals surface area contributed by atoms with E-state index in [1.807, 2.05) is 49.4 Å². The highest BCUT2D eigenvalue weighted by Crippen LogP contribution is 2.34. The fourth-order valence-electron chi connectivity index (χ4n) is 3.38. The number of nitrogens with one attached hydrogen (secondary N) is 1. The van der Waals surface area contributed by atoms with Crippen LogP contribution in [0.2, 0.25) is 0 Å². The third kappa shape index (κ3) is 5.93. The Labute approximate surface area is 195 Å².